The van der Waals surface area contributed by atoms with E-state index in [0.29, 0.717) is 36.5 Å². The number of anilines is 1. The molecule has 1 unspecified atom stereocenters. The van der Waals surface area contributed by atoms with Crippen LogP contribution in [0.1, 0.15) is 39.4 Å². The Hall–Kier alpha value is -3.82. The number of aliphatic imine (C=N–C) groups is 1. The number of carbonyl (C=O) groups is 3. The minimum absolute atomic E-state index is 0.00507. The van der Waals surface area contributed by atoms with Crippen molar-refractivity contribution in [3.8, 4) is 0 Å². The zero-order valence-corrected chi connectivity index (χ0v) is 23.1. The van der Waals surface area contributed by atoms with Gasteiger partial charge in [0.1, 0.15) is 5.92 Å². The maximum atomic E-state index is 13.2. The van der Waals surface area contributed by atoms with Gasteiger partial charge in [0.05, 0.1) is 11.4 Å². The van der Waals surface area contributed by atoms with Crippen molar-refractivity contribution in [2.24, 2.45) is 4.99 Å². The normalized spacial score (nSPS) is 17.6. The molecule has 9 heteroatoms. The second-order valence-corrected chi connectivity index (χ2v) is 10.8. The monoisotopic (exact) mass is 588 g/mol. The summed E-state index contributed by atoms with van der Waals surface area (Å²) in [6, 6.07) is 20.4. The summed E-state index contributed by atoms with van der Waals surface area (Å²) in [7, 11) is 2.05. The van der Waals surface area contributed by atoms with E-state index >= 15 is 0 Å². The summed E-state index contributed by atoms with van der Waals surface area (Å²) in [5.41, 5.74) is 5.05. The van der Waals surface area contributed by atoms with Gasteiger partial charge >= 0.3 is 5.97 Å². The van der Waals surface area contributed by atoms with Gasteiger partial charge in [0.2, 0.25) is 5.91 Å². The van der Waals surface area contributed by atoms with Gasteiger partial charge in [-0.1, -0.05) is 46.3 Å². The van der Waals surface area contributed by atoms with Gasteiger partial charge in [0.25, 0.3) is 5.91 Å². The molecule has 2 heterocycles. The molecule has 2 amide bonds. The molecule has 3 aromatic carbocycles. The lowest BCUT2D eigenvalue weighted by atomic mass is 9.90. The van der Waals surface area contributed by atoms with E-state index in [1.165, 1.54) is 0 Å². The van der Waals surface area contributed by atoms with Crippen LogP contribution in [0.4, 0.5) is 11.4 Å². The molecule has 0 spiro atoms. The number of likely N-dealkylation sites (N-methyl/N-ethyl adjacent to an activating group) is 1. The Balaban J connectivity index is 1.47. The number of aryl methyl sites for hydroxylation is 1. The average Bonchev–Trinajstić information content (AvgIpc) is 3.25. The number of fused-ring (bicyclic) bond motifs is 1. The number of nitrogens with zero attached hydrogens (tertiary/aromatic N) is 3. The summed E-state index contributed by atoms with van der Waals surface area (Å²) in [4.78, 5) is 46.2. The second kappa shape index (κ2) is 11.5. The topological polar surface area (TPSA) is 102 Å². The molecule has 2 aliphatic rings. The summed E-state index contributed by atoms with van der Waals surface area (Å²) < 4.78 is 0.865. The quantitative estimate of drug-likeness (QED) is 0.389. The summed E-state index contributed by atoms with van der Waals surface area (Å²) in [6.07, 6.45) is 0.471. The van der Waals surface area contributed by atoms with E-state index in [1.54, 1.807) is 24.3 Å². The van der Waals surface area contributed by atoms with E-state index in [4.69, 9.17) is 10.1 Å². The van der Waals surface area contributed by atoms with Crippen LogP contribution >= 0.6 is 15.9 Å². The maximum absolute atomic E-state index is 13.2. The molecule has 1 fully saturated rings. The molecule has 0 bridgehead atoms. The number of halogens is 1. The summed E-state index contributed by atoms with van der Waals surface area (Å²) in [6.45, 7) is 3.12. The average molecular weight is 589 g/mol. The molecule has 0 saturated carbocycles. The number of aliphatic carboxylic acids is 1. The molecule has 1 saturated heterocycles. The van der Waals surface area contributed by atoms with E-state index in [2.05, 4.69) is 33.2 Å². The number of nitrogens with one attached hydrogen (secondary N) is 1. The van der Waals surface area contributed by atoms with E-state index in [9.17, 15) is 14.4 Å². The lowest BCUT2D eigenvalue weighted by Gasteiger charge is -2.32. The fraction of sp³-hybridized carbons (Fsp3) is 0.267. The van der Waals surface area contributed by atoms with Gasteiger partial charge < -0.3 is 20.2 Å². The summed E-state index contributed by atoms with van der Waals surface area (Å²) >= 11 is 3.47. The van der Waals surface area contributed by atoms with Gasteiger partial charge in [-0.15, -0.1) is 0 Å². The van der Waals surface area contributed by atoms with Crippen LogP contribution in [0.25, 0.3) is 0 Å². The van der Waals surface area contributed by atoms with Crippen LogP contribution < -0.4 is 5.32 Å². The fourth-order valence-electron chi connectivity index (χ4n) is 4.91. The number of hydrogen-bond acceptors (Lipinski definition) is 5. The second-order valence-electron chi connectivity index (χ2n) is 9.88. The molecule has 0 aromatic heterocycles. The number of carboxylic acids is 1. The molecule has 39 heavy (non-hydrogen) atoms. The minimum Gasteiger partial charge on any atom is -0.481 e. The zero-order chi connectivity index (χ0) is 27.5. The van der Waals surface area contributed by atoms with Crippen LogP contribution in [-0.4, -0.2) is 71.6 Å². The SMILES string of the molecule is CN1CCN(C(=O)c2ccc(N=C(c3ccc(CCC(=O)O)cc3)C3C(=O)Nc4cc(Br)ccc43)cc2)CC1. The number of carbonyl (C=O) groups excluding carboxylic acids is 2. The Morgan fingerprint density at radius 3 is 2.31 bits per heavy atom. The third-order valence-corrected chi connectivity index (χ3v) is 7.64. The van der Waals surface area contributed by atoms with Crippen LogP contribution in [-0.2, 0) is 16.0 Å². The minimum atomic E-state index is -0.846. The third kappa shape index (κ3) is 6.10. The number of benzene rings is 3. The first-order valence-electron chi connectivity index (χ1n) is 12.9. The van der Waals surface area contributed by atoms with Crippen molar-refractivity contribution in [3.63, 3.8) is 0 Å². The van der Waals surface area contributed by atoms with Gasteiger partial charge in [0.15, 0.2) is 0 Å². The number of carboxylic acid groups (broad SMARTS) is 1. The third-order valence-electron chi connectivity index (χ3n) is 7.15. The van der Waals surface area contributed by atoms with Crippen molar-refractivity contribution >= 4 is 50.8 Å². The van der Waals surface area contributed by atoms with Gasteiger partial charge in [-0.2, -0.15) is 0 Å². The number of amides is 2. The molecule has 1 atom stereocenters. The van der Waals surface area contributed by atoms with Crippen molar-refractivity contribution in [2.75, 3.05) is 38.5 Å². The Labute approximate surface area is 235 Å². The lowest BCUT2D eigenvalue weighted by Crippen LogP contribution is -2.47. The van der Waals surface area contributed by atoms with Crippen molar-refractivity contribution < 1.29 is 19.5 Å². The lowest BCUT2D eigenvalue weighted by molar-refractivity contribution is -0.137. The highest BCUT2D eigenvalue weighted by molar-refractivity contribution is 9.10. The molecular formula is C30H29BrN4O4. The maximum Gasteiger partial charge on any atom is 0.303 e. The zero-order valence-electron chi connectivity index (χ0n) is 21.6. The number of hydrogen-bond donors (Lipinski definition) is 2. The number of rotatable bonds is 7. The standard InChI is InChI=1S/C30H29BrN4O4/c1-34-14-16-35(17-15-34)30(39)21-7-10-23(11-8-21)32-28(20-5-2-19(3-6-20)4-13-26(36)37)27-24-12-9-22(31)18-25(24)33-29(27)38/h2-3,5-12,18,27H,4,13-17H2,1H3,(H,33,38)(H,36,37). The Bertz CT molecular complexity index is 1430. The molecule has 200 valence electrons. The van der Waals surface area contributed by atoms with Crippen LogP contribution in [0.5, 0.6) is 0 Å². The first kappa shape index (κ1) is 26.8. The van der Waals surface area contributed by atoms with E-state index in [-0.39, 0.29) is 18.2 Å². The van der Waals surface area contributed by atoms with E-state index < -0.39 is 11.9 Å². The van der Waals surface area contributed by atoms with Crippen LogP contribution in [0.3, 0.4) is 0 Å². The molecule has 2 aliphatic heterocycles. The smallest absolute Gasteiger partial charge is 0.303 e. The Morgan fingerprint density at radius 1 is 0.974 bits per heavy atom. The van der Waals surface area contributed by atoms with Crippen LogP contribution in [0.2, 0.25) is 0 Å². The summed E-state index contributed by atoms with van der Waals surface area (Å²) in [5, 5.41) is 12.0. The van der Waals surface area contributed by atoms with Gasteiger partial charge in [0, 0.05) is 48.3 Å². The van der Waals surface area contributed by atoms with E-state index in [0.717, 1.165) is 39.9 Å². The largest absolute Gasteiger partial charge is 0.481 e. The first-order chi connectivity index (χ1) is 18.8. The van der Waals surface area contributed by atoms with E-state index in [1.807, 2.05) is 47.4 Å². The Kier molecular flexibility index (Phi) is 7.90. The van der Waals surface area contributed by atoms with Crippen molar-refractivity contribution in [2.45, 2.75) is 18.8 Å². The van der Waals surface area contributed by atoms with Crippen LogP contribution in [0.15, 0.2) is 76.2 Å². The van der Waals surface area contributed by atoms with Crippen LogP contribution in [0, 0.1) is 0 Å². The predicted octanol–water partition coefficient (Wildman–Crippen LogP) is 4.71. The van der Waals surface area contributed by atoms with Gasteiger partial charge in [-0.3, -0.25) is 19.4 Å². The number of piperazine rings is 1. The molecule has 5 rings (SSSR count). The fourth-order valence-corrected chi connectivity index (χ4v) is 5.27. The molecule has 0 aliphatic carbocycles. The van der Waals surface area contributed by atoms with Crippen molar-refractivity contribution in [3.05, 3.63) is 93.5 Å². The highest BCUT2D eigenvalue weighted by Gasteiger charge is 2.35. The highest BCUT2D eigenvalue weighted by atomic mass is 79.9. The van der Waals surface area contributed by atoms with Gasteiger partial charge in [-0.05, 0) is 66.6 Å². The highest BCUT2D eigenvalue weighted by Crippen LogP contribution is 2.38. The molecule has 0 radical (unpaired) electrons. The molecule has 3 aromatic rings. The van der Waals surface area contributed by atoms with Crippen molar-refractivity contribution in [1.29, 1.82) is 0 Å². The first-order valence-corrected chi connectivity index (χ1v) is 13.7. The Morgan fingerprint density at radius 2 is 1.64 bits per heavy atom. The predicted molar refractivity (Wildman–Crippen MR) is 154 cm³/mol. The molecule has 2 N–H and O–H groups in total. The summed E-state index contributed by atoms with van der Waals surface area (Å²) in [5.74, 6) is -1.63. The molecule has 8 nitrogen and oxygen atoms in total. The molecular weight excluding hydrogens is 560 g/mol. The van der Waals surface area contributed by atoms with Gasteiger partial charge in [-0.25, -0.2) is 0 Å². The van der Waals surface area contributed by atoms with Crippen molar-refractivity contribution in [1.82, 2.24) is 9.80 Å².